The van der Waals surface area contributed by atoms with Crippen LogP contribution in [0.15, 0.2) is 10.7 Å². The van der Waals surface area contributed by atoms with Crippen molar-refractivity contribution in [2.75, 3.05) is 30.9 Å². The lowest BCUT2D eigenvalue weighted by Gasteiger charge is -2.30. The lowest BCUT2D eigenvalue weighted by atomic mass is 10.1. The standard InChI is InChI=1S/C10H17BrN6/c1-17-4-2-3-7(6-17)14-9-8(11)5-13-10(15-9)16-12/h5,7H,2-4,6,12H2,1H3,(H2,13,14,15,16). The van der Waals surface area contributed by atoms with Gasteiger partial charge in [0.1, 0.15) is 5.82 Å². The molecule has 1 saturated heterocycles. The number of piperidine rings is 1. The van der Waals surface area contributed by atoms with Gasteiger partial charge in [-0.3, -0.25) is 5.43 Å². The van der Waals surface area contributed by atoms with Crippen molar-refractivity contribution in [3.63, 3.8) is 0 Å². The van der Waals surface area contributed by atoms with Crippen LogP contribution in [-0.4, -0.2) is 41.0 Å². The van der Waals surface area contributed by atoms with Gasteiger partial charge in [-0.25, -0.2) is 10.8 Å². The fraction of sp³-hybridized carbons (Fsp3) is 0.600. The summed E-state index contributed by atoms with van der Waals surface area (Å²) in [7, 11) is 2.13. The Bertz CT molecular complexity index is 385. The van der Waals surface area contributed by atoms with Crippen molar-refractivity contribution in [1.82, 2.24) is 14.9 Å². The van der Waals surface area contributed by atoms with E-state index in [2.05, 4.69) is 48.6 Å². The molecule has 7 heteroatoms. The maximum Gasteiger partial charge on any atom is 0.239 e. The molecule has 0 saturated carbocycles. The topological polar surface area (TPSA) is 79.1 Å². The molecule has 1 aromatic rings. The lowest BCUT2D eigenvalue weighted by Crippen LogP contribution is -2.40. The fourth-order valence-electron chi connectivity index (χ4n) is 2.02. The van der Waals surface area contributed by atoms with Crippen molar-refractivity contribution in [2.45, 2.75) is 18.9 Å². The van der Waals surface area contributed by atoms with Crippen LogP contribution in [-0.2, 0) is 0 Å². The molecular formula is C10H17BrN6. The predicted octanol–water partition coefficient (Wildman–Crippen LogP) is 1.03. The number of nitrogens with one attached hydrogen (secondary N) is 2. The van der Waals surface area contributed by atoms with E-state index in [0.29, 0.717) is 12.0 Å². The number of hydrogen-bond acceptors (Lipinski definition) is 6. The van der Waals surface area contributed by atoms with Gasteiger partial charge in [-0.2, -0.15) is 4.98 Å². The van der Waals surface area contributed by atoms with Crippen LogP contribution >= 0.6 is 15.9 Å². The zero-order valence-corrected chi connectivity index (χ0v) is 11.4. The van der Waals surface area contributed by atoms with Gasteiger partial charge in [0, 0.05) is 18.8 Å². The van der Waals surface area contributed by atoms with E-state index >= 15 is 0 Å². The van der Waals surface area contributed by atoms with E-state index in [4.69, 9.17) is 5.84 Å². The Morgan fingerprint density at radius 3 is 3.12 bits per heavy atom. The second kappa shape index (κ2) is 5.61. The normalized spacial score (nSPS) is 21.2. The van der Waals surface area contributed by atoms with Gasteiger partial charge >= 0.3 is 0 Å². The van der Waals surface area contributed by atoms with E-state index in [0.717, 1.165) is 23.3 Å². The second-order valence-electron chi connectivity index (χ2n) is 4.28. The molecule has 2 heterocycles. The fourth-order valence-corrected chi connectivity index (χ4v) is 2.32. The molecular weight excluding hydrogens is 284 g/mol. The van der Waals surface area contributed by atoms with Crippen LogP contribution in [0.4, 0.5) is 11.8 Å². The number of aromatic nitrogens is 2. The highest BCUT2D eigenvalue weighted by Crippen LogP contribution is 2.22. The highest BCUT2D eigenvalue weighted by Gasteiger charge is 2.18. The summed E-state index contributed by atoms with van der Waals surface area (Å²) in [5.41, 5.74) is 2.45. The van der Waals surface area contributed by atoms with Crippen LogP contribution in [0.5, 0.6) is 0 Å². The third kappa shape index (κ3) is 3.27. The summed E-state index contributed by atoms with van der Waals surface area (Å²) in [6.45, 7) is 2.19. The summed E-state index contributed by atoms with van der Waals surface area (Å²) in [6.07, 6.45) is 4.06. The zero-order chi connectivity index (χ0) is 12.3. The molecule has 1 aromatic heterocycles. The summed E-state index contributed by atoms with van der Waals surface area (Å²) in [5.74, 6) is 6.50. The van der Waals surface area contributed by atoms with Gasteiger partial charge in [-0.05, 0) is 42.4 Å². The van der Waals surface area contributed by atoms with Crippen LogP contribution < -0.4 is 16.6 Å². The van der Waals surface area contributed by atoms with Crippen molar-refractivity contribution in [3.8, 4) is 0 Å². The highest BCUT2D eigenvalue weighted by molar-refractivity contribution is 9.10. The molecule has 4 N–H and O–H groups in total. The number of likely N-dealkylation sites (tertiary alicyclic amines) is 1. The van der Waals surface area contributed by atoms with Crippen LogP contribution in [0.2, 0.25) is 0 Å². The summed E-state index contributed by atoms with van der Waals surface area (Å²) in [6, 6.07) is 0.422. The third-order valence-corrected chi connectivity index (χ3v) is 3.42. The van der Waals surface area contributed by atoms with Crippen LogP contribution in [0.3, 0.4) is 0 Å². The van der Waals surface area contributed by atoms with E-state index in [1.807, 2.05) is 0 Å². The SMILES string of the molecule is CN1CCCC(Nc2nc(NN)ncc2Br)C1. The van der Waals surface area contributed by atoms with E-state index in [-0.39, 0.29) is 0 Å². The minimum absolute atomic E-state index is 0.417. The first-order chi connectivity index (χ1) is 8.19. The Balaban J connectivity index is 2.06. The van der Waals surface area contributed by atoms with E-state index in [1.165, 1.54) is 13.0 Å². The first kappa shape index (κ1) is 12.5. The maximum absolute atomic E-state index is 5.30. The number of nitrogen functional groups attached to an aromatic ring is 1. The number of nitrogens with zero attached hydrogens (tertiary/aromatic N) is 3. The van der Waals surface area contributed by atoms with Crippen LogP contribution in [0.25, 0.3) is 0 Å². The minimum Gasteiger partial charge on any atom is -0.365 e. The summed E-state index contributed by atoms with van der Waals surface area (Å²) in [4.78, 5) is 10.6. The lowest BCUT2D eigenvalue weighted by molar-refractivity contribution is 0.260. The third-order valence-electron chi connectivity index (χ3n) is 2.84. The summed E-state index contributed by atoms with van der Waals surface area (Å²) < 4.78 is 0.852. The largest absolute Gasteiger partial charge is 0.365 e. The molecule has 94 valence electrons. The number of halogens is 1. The van der Waals surface area contributed by atoms with Gasteiger partial charge in [0.15, 0.2) is 0 Å². The number of nitrogens with two attached hydrogens (primary N) is 1. The number of hydrazine groups is 1. The second-order valence-corrected chi connectivity index (χ2v) is 5.13. The Hall–Kier alpha value is -0.920. The molecule has 1 fully saturated rings. The van der Waals surface area contributed by atoms with Crippen molar-refractivity contribution in [2.24, 2.45) is 5.84 Å². The van der Waals surface area contributed by atoms with Crippen molar-refractivity contribution >= 4 is 27.7 Å². The van der Waals surface area contributed by atoms with Gasteiger partial charge in [-0.15, -0.1) is 0 Å². The van der Waals surface area contributed by atoms with Gasteiger partial charge < -0.3 is 10.2 Å². The van der Waals surface area contributed by atoms with Gasteiger partial charge in [0.2, 0.25) is 5.95 Å². The van der Waals surface area contributed by atoms with E-state index < -0.39 is 0 Å². The molecule has 1 aliphatic heterocycles. The Morgan fingerprint density at radius 1 is 1.59 bits per heavy atom. The number of rotatable bonds is 3. The minimum atomic E-state index is 0.417. The molecule has 0 spiro atoms. The Kier molecular flexibility index (Phi) is 4.14. The molecule has 17 heavy (non-hydrogen) atoms. The number of likely N-dealkylation sites (N-methyl/N-ethyl adjacent to an activating group) is 1. The maximum atomic E-state index is 5.30. The molecule has 0 aromatic carbocycles. The highest BCUT2D eigenvalue weighted by atomic mass is 79.9. The van der Waals surface area contributed by atoms with Crippen molar-refractivity contribution in [3.05, 3.63) is 10.7 Å². The molecule has 1 atom stereocenters. The van der Waals surface area contributed by atoms with Crippen molar-refractivity contribution < 1.29 is 0 Å². The predicted molar refractivity (Wildman–Crippen MR) is 71.7 cm³/mol. The monoisotopic (exact) mass is 300 g/mol. The van der Waals surface area contributed by atoms with Crippen molar-refractivity contribution in [1.29, 1.82) is 0 Å². The van der Waals surface area contributed by atoms with E-state index in [9.17, 15) is 0 Å². The molecule has 2 rings (SSSR count). The van der Waals surface area contributed by atoms with E-state index in [1.54, 1.807) is 6.20 Å². The number of anilines is 2. The molecule has 0 aliphatic carbocycles. The Morgan fingerprint density at radius 2 is 2.41 bits per heavy atom. The first-order valence-electron chi connectivity index (χ1n) is 5.63. The van der Waals surface area contributed by atoms with Gasteiger partial charge in [0.05, 0.1) is 4.47 Å². The number of hydrogen-bond donors (Lipinski definition) is 3. The van der Waals surface area contributed by atoms with Crippen LogP contribution in [0, 0.1) is 0 Å². The van der Waals surface area contributed by atoms with Crippen LogP contribution in [0.1, 0.15) is 12.8 Å². The Labute approximate surface area is 109 Å². The average Bonchev–Trinajstić information content (AvgIpc) is 2.32. The molecule has 1 unspecified atom stereocenters. The zero-order valence-electron chi connectivity index (χ0n) is 9.78. The molecule has 1 aliphatic rings. The molecule has 6 nitrogen and oxygen atoms in total. The molecule has 0 bridgehead atoms. The molecule has 0 amide bonds. The summed E-state index contributed by atoms with van der Waals surface area (Å²) >= 11 is 3.43. The molecule has 0 radical (unpaired) electrons. The van der Waals surface area contributed by atoms with Gasteiger partial charge in [0.25, 0.3) is 0 Å². The smallest absolute Gasteiger partial charge is 0.239 e. The summed E-state index contributed by atoms with van der Waals surface area (Å²) in [5, 5.41) is 3.42. The first-order valence-corrected chi connectivity index (χ1v) is 6.42. The average molecular weight is 301 g/mol. The quantitative estimate of drug-likeness (QED) is 0.572. The van der Waals surface area contributed by atoms with Gasteiger partial charge in [-0.1, -0.05) is 0 Å².